The molecule has 0 N–H and O–H groups in total. The van der Waals surface area contributed by atoms with E-state index in [0.29, 0.717) is 0 Å². The lowest BCUT2D eigenvalue weighted by atomic mass is 10.1. The first-order valence-corrected chi connectivity index (χ1v) is 5.02. The van der Waals surface area contributed by atoms with Crippen LogP contribution in [0.2, 0.25) is 0 Å². The molecule has 1 saturated heterocycles. The van der Waals surface area contributed by atoms with E-state index in [1.54, 1.807) is 0 Å². The van der Waals surface area contributed by atoms with Gasteiger partial charge in [-0.3, -0.25) is 13.6 Å². The summed E-state index contributed by atoms with van der Waals surface area (Å²) in [5, 5.41) is 0. The summed E-state index contributed by atoms with van der Waals surface area (Å²) in [6.07, 6.45) is 9.60. The zero-order valence-electron chi connectivity index (χ0n) is 7.10. The Bertz CT molecular complexity index is 311. The third-order valence-electron chi connectivity index (χ3n) is 1.62. The lowest BCUT2D eigenvalue weighted by Gasteiger charge is -2.28. The van der Waals surface area contributed by atoms with E-state index < -0.39 is 13.9 Å². The van der Waals surface area contributed by atoms with Crippen molar-refractivity contribution in [2.75, 3.05) is 13.7 Å². The third-order valence-corrected chi connectivity index (χ3v) is 3.02. The van der Waals surface area contributed by atoms with Crippen LogP contribution in [0.1, 0.15) is 0 Å². The summed E-state index contributed by atoms with van der Waals surface area (Å²) < 4.78 is 25.7. The SMILES string of the molecule is C#CC1COP(=O)(OC)OC1C#C. The molecule has 1 rings (SSSR count). The molecule has 3 unspecified atom stereocenters. The largest absolute Gasteiger partial charge is 0.475 e. The molecule has 5 heteroatoms. The molecule has 0 aromatic heterocycles. The van der Waals surface area contributed by atoms with Gasteiger partial charge in [0.2, 0.25) is 0 Å². The molecule has 3 atom stereocenters. The molecule has 1 aliphatic rings. The van der Waals surface area contributed by atoms with E-state index in [1.165, 1.54) is 7.11 Å². The van der Waals surface area contributed by atoms with Crippen molar-refractivity contribution in [2.24, 2.45) is 5.92 Å². The molecule has 1 fully saturated rings. The average molecular weight is 200 g/mol. The van der Waals surface area contributed by atoms with Gasteiger partial charge in [0, 0.05) is 7.11 Å². The smallest absolute Gasteiger partial charge is 0.290 e. The average Bonchev–Trinajstić information content (AvgIpc) is 2.18. The fourth-order valence-electron chi connectivity index (χ4n) is 0.880. The predicted molar refractivity (Wildman–Crippen MR) is 46.6 cm³/mol. The van der Waals surface area contributed by atoms with Crippen LogP contribution in [0, 0.1) is 30.6 Å². The van der Waals surface area contributed by atoms with Crippen molar-refractivity contribution in [3.63, 3.8) is 0 Å². The maximum absolute atomic E-state index is 11.4. The maximum Gasteiger partial charge on any atom is 0.475 e. The highest BCUT2D eigenvalue weighted by Gasteiger charge is 2.38. The molecule has 0 saturated carbocycles. The quantitative estimate of drug-likeness (QED) is 0.468. The van der Waals surface area contributed by atoms with E-state index in [2.05, 4.69) is 16.4 Å². The first-order chi connectivity index (χ1) is 6.15. The molecule has 4 nitrogen and oxygen atoms in total. The van der Waals surface area contributed by atoms with Gasteiger partial charge in [-0.2, -0.15) is 0 Å². The van der Waals surface area contributed by atoms with E-state index in [9.17, 15) is 4.57 Å². The van der Waals surface area contributed by atoms with Crippen LogP contribution >= 0.6 is 7.82 Å². The van der Waals surface area contributed by atoms with Gasteiger partial charge < -0.3 is 0 Å². The molecule has 1 aliphatic heterocycles. The second kappa shape index (κ2) is 3.96. The summed E-state index contributed by atoms with van der Waals surface area (Å²) in [4.78, 5) is 0. The minimum atomic E-state index is -3.46. The van der Waals surface area contributed by atoms with Crippen molar-refractivity contribution in [3.8, 4) is 24.7 Å². The van der Waals surface area contributed by atoms with Crippen LogP contribution in [-0.4, -0.2) is 19.8 Å². The van der Waals surface area contributed by atoms with E-state index in [-0.39, 0.29) is 12.5 Å². The van der Waals surface area contributed by atoms with Crippen LogP contribution in [0.25, 0.3) is 0 Å². The third kappa shape index (κ3) is 2.12. The number of phosphoric ester groups is 1. The minimum Gasteiger partial charge on any atom is -0.290 e. The van der Waals surface area contributed by atoms with E-state index in [1.807, 2.05) is 0 Å². The van der Waals surface area contributed by atoms with E-state index in [0.717, 1.165) is 0 Å². The molecule has 0 radical (unpaired) electrons. The second-order valence-corrected chi connectivity index (χ2v) is 4.12. The van der Waals surface area contributed by atoms with Gasteiger partial charge in [0.15, 0.2) is 0 Å². The number of hydrogen-bond donors (Lipinski definition) is 0. The van der Waals surface area contributed by atoms with Crippen LogP contribution in [-0.2, 0) is 18.1 Å². The summed E-state index contributed by atoms with van der Waals surface area (Å²) in [6, 6.07) is 0. The Morgan fingerprint density at radius 3 is 2.69 bits per heavy atom. The molecule has 13 heavy (non-hydrogen) atoms. The van der Waals surface area contributed by atoms with Gasteiger partial charge in [0.05, 0.1) is 12.5 Å². The Balaban J connectivity index is 2.77. The first kappa shape index (κ1) is 10.3. The van der Waals surface area contributed by atoms with Crippen molar-refractivity contribution >= 4 is 7.82 Å². The molecular weight excluding hydrogens is 191 g/mol. The van der Waals surface area contributed by atoms with Gasteiger partial charge in [-0.15, -0.1) is 12.8 Å². The van der Waals surface area contributed by atoms with Crippen LogP contribution in [0.4, 0.5) is 0 Å². The van der Waals surface area contributed by atoms with Gasteiger partial charge in [-0.25, -0.2) is 4.57 Å². The van der Waals surface area contributed by atoms with E-state index >= 15 is 0 Å². The summed E-state index contributed by atoms with van der Waals surface area (Å²) in [6.45, 7) is 0.0937. The fraction of sp³-hybridized carbons (Fsp3) is 0.500. The highest BCUT2D eigenvalue weighted by atomic mass is 31.2. The molecule has 0 aliphatic carbocycles. The molecule has 0 amide bonds. The van der Waals surface area contributed by atoms with Crippen LogP contribution in [0.5, 0.6) is 0 Å². The molecule has 70 valence electrons. The Morgan fingerprint density at radius 2 is 2.23 bits per heavy atom. The summed E-state index contributed by atoms with van der Waals surface area (Å²) in [5.41, 5.74) is 0. The normalized spacial score (nSPS) is 39.0. The van der Waals surface area contributed by atoms with Crippen LogP contribution in [0.15, 0.2) is 0 Å². The van der Waals surface area contributed by atoms with Crippen molar-refractivity contribution in [2.45, 2.75) is 6.10 Å². The van der Waals surface area contributed by atoms with Crippen molar-refractivity contribution in [3.05, 3.63) is 0 Å². The Morgan fingerprint density at radius 1 is 1.54 bits per heavy atom. The molecule has 0 aromatic carbocycles. The highest BCUT2D eigenvalue weighted by Crippen LogP contribution is 2.53. The number of terminal acetylenes is 2. The van der Waals surface area contributed by atoms with Crippen molar-refractivity contribution < 1.29 is 18.1 Å². The summed E-state index contributed by atoms with van der Waals surface area (Å²) in [5.74, 6) is 4.32. The second-order valence-electron chi connectivity index (χ2n) is 2.39. The fourth-order valence-corrected chi connectivity index (χ4v) is 1.96. The standard InChI is InChI=1S/C8H9O4P/c1-4-7-6-11-13(9,10-3)12-8(7)5-2/h1-2,7-8H,6H2,3H3. The van der Waals surface area contributed by atoms with Crippen LogP contribution < -0.4 is 0 Å². The zero-order chi connectivity index (χ0) is 9.90. The predicted octanol–water partition coefficient (Wildman–Crippen LogP) is 1.04. The monoisotopic (exact) mass is 200 g/mol. The lowest BCUT2D eigenvalue weighted by molar-refractivity contribution is 0.0387. The molecule has 1 heterocycles. The van der Waals surface area contributed by atoms with Gasteiger partial charge in [0.25, 0.3) is 0 Å². The minimum absolute atomic E-state index is 0.0937. The topological polar surface area (TPSA) is 44.8 Å². The Hall–Kier alpha value is -0.770. The molecule has 0 spiro atoms. The number of hydrogen-bond acceptors (Lipinski definition) is 4. The molecule has 0 aromatic rings. The highest BCUT2D eigenvalue weighted by molar-refractivity contribution is 7.48. The lowest BCUT2D eigenvalue weighted by Crippen LogP contribution is -2.29. The van der Waals surface area contributed by atoms with Gasteiger partial charge in [-0.1, -0.05) is 11.8 Å². The number of phosphoric acid groups is 1. The van der Waals surface area contributed by atoms with Crippen molar-refractivity contribution in [1.82, 2.24) is 0 Å². The van der Waals surface area contributed by atoms with Gasteiger partial charge in [0.1, 0.15) is 6.10 Å². The first-order valence-electron chi connectivity index (χ1n) is 3.56. The molecule has 0 bridgehead atoms. The van der Waals surface area contributed by atoms with Gasteiger partial charge in [-0.05, 0) is 0 Å². The van der Waals surface area contributed by atoms with Crippen LogP contribution in [0.3, 0.4) is 0 Å². The maximum atomic E-state index is 11.4. The summed E-state index contributed by atoms with van der Waals surface area (Å²) >= 11 is 0. The van der Waals surface area contributed by atoms with E-state index in [4.69, 9.17) is 21.9 Å². The van der Waals surface area contributed by atoms with Gasteiger partial charge >= 0.3 is 7.82 Å². The molecular formula is C8H9O4P. The number of rotatable bonds is 1. The summed E-state index contributed by atoms with van der Waals surface area (Å²) in [7, 11) is -2.23. The van der Waals surface area contributed by atoms with Crippen molar-refractivity contribution in [1.29, 1.82) is 0 Å². The Kier molecular flexibility index (Phi) is 3.14. The zero-order valence-corrected chi connectivity index (χ0v) is 7.99. The Labute approximate surface area is 77.2 Å².